The van der Waals surface area contributed by atoms with Crippen molar-refractivity contribution in [1.82, 2.24) is 0 Å². The third-order valence-electron chi connectivity index (χ3n) is 6.45. The van der Waals surface area contributed by atoms with E-state index in [1.54, 1.807) is 72.8 Å². The zero-order valence-corrected chi connectivity index (χ0v) is 36.3. The maximum absolute atomic E-state index is 10.9. The van der Waals surface area contributed by atoms with Gasteiger partial charge in [0, 0.05) is 22.5 Å². The Hall–Kier alpha value is -5.11. The molecule has 56 heavy (non-hydrogen) atoms. The van der Waals surface area contributed by atoms with Crippen LogP contribution in [0, 0.1) is 41.5 Å². The fraction of sp³-hybridized carbons (Fsp3) is 0.171. The number of sulfone groups is 1. The van der Waals surface area contributed by atoms with E-state index in [0.717, 1.165) is 16.7 Å². The van der Waals surface area contributed by atoms with Gasteiger partial charge in [0.1, 0.15) is 19.3 Å². The van der Waals surface area contributed by atoms with E-state index in [0.29, 0.717) is 22.5 Å². The molecule has 5 aromatic rings. The van der Waals surface area contributed by atoms with Crippen molar-refractivity contribution >= 4 is 70.0 Å². The number of phenols is 1. The molecule has 0 saturated carbocycles. The number of halogens is 1. The number of aromatic hydroxyl groups is 1. The van der Waals surface area contributed by atoms with Crippen molar-refractivity contribution in [3.63, 3.8) is 0 Å². The number of hydrogen-bond donors (Lipinski definition) is 1. The van der Waals surface area contributed by atoms with Gasteiger partial charge in [-0.25, -0.2) is 16.8 Å². The molecule has 5 aromatic carbocycles. The van der Waals surface area contributed by atoms with E-state index >= 15 is 0 Å². The number of Topliss-reactive ketones (excluding diaryl/α,β-unsaturated/α-hetero) is 1. The van der Waals surface area contributed by atoms with Gasteiger partial charge in [0.05, 0.1) is 9.79 Å². The molecule has 1 N–H and O–H groups in total. The molecule has 0 unspecified atom stereocenters. The number of benzene rings is 5. The zero-order chi connectivity index (χ0) is 43.9. The fourth-order valence-electron chi connectivity index (χ4n) is 3.45. The van der Waals surface area contributed by atoms with Crippen LogP contribution in [0.5, 0.6) is 5.75 Å². The number of rotatable bonds is 4. The Labute approximate surface area is 340 Å². The predicted molar refractivity (Wildman–Crippen MR) is 220 cm³/mol. The van der Waals surface area contributed by atoms with Crippen LogP contribution in [-0.4, -0.2) is 68.7 Å². The number of carbonyl (C=O) groups excluding carboxylic acids is 4. The molecule has 0 fully saturated rings. The first-order chi connectivity index (χ1) is 26.2. The summed E-state index contributed by atoms with van der Waals surface area (Å²) in [4.78, 5) is 37.3. The predicted octanol–water partition coefficient (Wildman–Crippen LogP) is 7.71. The van der Waals surface area contributed by atoms with E-state index < -0.39 is 39.5 Å². The van der Waals surface area contributed by atoms with E-state index in [2.05, 4.69) is 38.1 Å². The third-order valence-corrected chi connectivity index (χ3v) is 8.95. The Kier molecular flexibility index (Phi) is 30.7. The van der Waals surface area contributed by atoms with Crippen LogP contribution in [0.2, 0.25) is 0 Å². The van der Waals surface area contributed by atoms with Crippen LogP contribution >= 0.6 is 10.7 Å². The summed E-state index contributed by atoms with van der Waals surface area (Å²) in [6, 6.07) is 35.7. The van der Waals surface area contributed by atoms with E-state index in [4.69, 9.17) is 33.0 Å². The van der Waals surface area contributed by atoms with Gasteiger partial charge in [-0.15, -0.1) is 0 Å². The van der Waals surface area contributed by atoms with Crippen LogP contribution < -0.4 is 0 Å². The summed E-state index contributed by atoms with van der Waals surface area (Å²) in [5, 5.41) is 8.76. The summed E-state index contributed by atoms with van der Waals surface area (Å²) >= 11 is -1.62. The number of hydrogen-bond acceptors (Lipinski definition) is 11. The Morgan fingerprint density at radius 1 is 0.536 bits per heavy atom. The van der Waals surface area contributed by atoms with Gasteiger partial charge in [0.2, 0.25) is 5.78 Å². The summed E-state index contributed by atoms with van der Waals surface area (Å²) in [5.41, 5.74) is 7.43. The number of carbonyl (C=O) groups is 4. The molecule has 0 aliphatic rings. The first-order valence-corrected chi connectivity index (χ1v) is 21.5. The van der Waals surface area contributed by atoms with Gasteiger partial charge in [-0.1, -0.05) is 118 Å². The van der Waals surface area contributed by atoms with Gasteiger partial charge in [0.15, 0.2) is 16.1 Å². The topological polar surface area (TPSA) is 191 Å². The van der Waals surface area contributed by atoms with Gasteiger partial charge in [-0.3, -0.25) is 9.59 Å². The number of aryl methyl sites for hydroxylation is 6. The number of ketones is 1. The van der Waals surface area contributed by atoms with Crippen molar-refractivity contribution in [2.24, 2.45) is 0 Å². The summed E-state index contributed by atoms with van der Waals surface area (Å²) in [5.74, 6) is -0.138. The summed E-state index contributed by atoms with van der Waals surface area (Å²) in [6.45, 7) is 15.9. The molecule has 0 aliphatic carbocycles. The van der Waals surface area contributed by atoms with E-state index in [9.17, 15) is 26.4 Å². The molecule has 0 radical (unpaired) electrons. The van der Waals surface area contributed by atoms with Crippen LogP contribution in [0.25, 0.3) is 0 Å². The van der Waals surface area contributed by atoms with Crippen LogP contribution in [-0.2, 0) is 40.9 Å². The van der Waals surface area contributed by atoms with Crippen molar-refractivity contribution in [1.29, 1.82) is 0 Å². The molecule has 302 valence electrons. The molecule has 11 nitrogen and oxygen atoms in total. The maximum atomic E-state index is 10.9. The Morgan fingerprint density at radius 3 is 1.00 bits per heavy atom. The molecule has 0 bridgehead atoms. The first kappa shape index (κ1) is 55.2. The van der Waals surface area contributed by atoms with Crippen LogP contribution in [0.4, 0.5) is 0 Å². The van der Waals surface area contributed by atoms with Crippen LogP contribution in [0.15, 0.2) is 131 Å². The molecular weight excluding hydrogens is 847 g/mol. The standard InChI is InChI=1S/C9H8O2.C8H10O2S.C8H10.C7H7ClO2S.C7H8O.2CH2O.O2Se/c1-7-2-4-8(5-3-7)9(11)6-10;1-7-3-5-8(6-4-7)11(2,9)10;1-7-3-5-8(2)6-4-7;1-6-2-4-7(5-3-6)11(8,9)10;1-6-2-4-7(8)5-3-6;2*1-2;1-3-2/h2-6H,1H3;3-6H,1-2H3;3-6H,1-2H3;2-5H,1H3;2-5,8H,1H3;2*1H2;. The molecule has 0 heterocycles. The summed E-state index contributed by atoms with van der Waals surface area (Å²) in [6.07, 6.45) is 1.53. The summed E-state index contributed by atoms with van der Waals surface area (Å²) < 4.78 is 60.2. The van der Waals surface area contributed by atoms with Gasteiger partial charge in [-0.2, -0.15) is 0 Å². The second-order valence-electron chi connectivity index (χ2n) is 11.2. The average Bonchev–Trinajstić information content (AvgIpc) is 3.17. The Balaban J connectivity index is -0.000000605. The molecular formula is C41H47ClO11S2Se. The van der Waals surface area contributed by atoms with E-state index in [-0.39, 0.29) is 4.90 Å². The van der Waals surface area contributed by atoms with Crippen LogP contribution in [0.3, 0.4) is 0 Å². The van der Waals surface area contributed by atoms with Gasteiger partial charge < -0.3 is 14.7 Å². The zero-order valence-electron chi connectivity index (χ0n) is 32.2. The minimum atomic E-state index is -3.55. The molecule has 0 aliphatic heterocycles. The van der Waals surface area contributed by atoms with Crippen molar-refractivity contribution in [3.8, 4) is 5.75 Å². The normalized spacial score (nSPS) is 9.29. The molecule has 0 atom stereocenters. The van der Waals surface area contributed by atoms with Gasteiger partial charge in [-0.05, 0) is 77.9 Å². The summed E-state index contributed by atoms with van der Waals surface area (Å²) in [7, 11) is -1.48. The Bertz CT molecular complexity index is 1940. The van der Waals surface area contributed by atoms with Crippen molar-refractivity contribution < 1.29 is 48.8 Å². The van der Waals surface area contributed by atoms with E-state index in [1.807, 2.05) is 53.4 Å². The molecule has 5 rings (SSSR count). The first-order valence-electron chi connectivity index (χ1n) is 15.9. The molecule has 0 amide bonds. The van der Waals surface area contributed by atoms with Gasteiger partial charge >= 0.3 is 22.5 Å². The van der Waals surface area contributed by atoms with Gasteiger partial charge in [0.25, 0.3) is 9.05 Å². The molecule has 15 heteroatoms. The second kappa shape index (κ2) is 31.1. The number of phenolic OH excluding ortho intramolecular Hbond substituents is 1. The van der Waals surface area contributed by atoms with Crippen molar-refractivity contribution in [2.75, 3.05) is 6.26 Å². The second-order valence-corrected chi connectivity index (χ2v) is 16.1. The molecule has 0 aromatic heterocycles. The van der Waals surface area contributed by atoms with Crippen molar-refractivity contribution in [3.05, 3.63) is 160 Å². The minimum absolute atomic E-state index is 0.143. The van der Waals surface area contributed by atoms with Crippen LogP contribution in [0.1, 0.15) is 43.7 Å². The molecule has 0 saturated heterocycles. The fourth-order valence-corrected chi connectivity index (χ4v) is 4.85. The Morgan fingerprint density at radius 2 is 0.768 bits per heavy atom. The third kappa shape index (κ3) is 28.3. The molecule has 0 spiro atoms. The monoisotopic (exact) mass is 894 g/mol. The SMILES string of the molecule is C=O.C=O.Cc1ccc(C(=O)C=O)cc1.Cc1ccc(C)cc1.Cc1ccc(O)cc1.Cc1ccc(S(=O)(=O)Cl)cc1.Cc1ccc(S(C)(=O)=O)cc1.O=[Se]=O. The quantitative estimate of drug-likeness (QED) is 0.0611. The van der Waals surface area contributed by atoms with E-state index in [1.165, 1.54) is 35.1 Å². The van der Waals surface area contributed by atoms with Crippen molar-refractivity contribution in [2.45, 2.75) is 51.3 Å². The average molecular weight is 894 g/mol. The number of aldehydes is 1.